The second-order valence-corrected chi connectivity index (χ2v) is 3.18. The van der Waals surface area contributed by atoms with Crippen molar-refractivity contribution in [3.8, 4) is 0 Å². The third-order valence-corrected chi connectivity index (χ3v) is 2.31. The van der Waals surface area contributed by atoms with Gasteiger partial charge in [-0.15, -0.1) is 11.8 Å². The summed E-state index contributed by atoms with van der Waals surface area (Å²) in [6, 6.07) is 0. The van der Waals surface area contributed by atoms with Crippen LogP contribution in [0.2, 0.25) is 0 Å². The van der Waals surface area contributed by atoms with E-state index in [-0.39, 0.29) is 11.9 Å². The van der Waals surface area contributed by atoms with Gasteiger partial charge in [0, 0.05) is 12.9 Å². The summed E-state index contributed by atoms with van der Waals surface area (Å²) >= 11 is 1.58. The predicted octanol–water partition coefficient (Wildman–Crippen LogP) is 1.13. The molecule has 0 radical (unpaired) electrons. The highest BCUT2D eigenvalue weighted by molar-refractivity contribution is 7.99. The van der Waals surface area contributed by atoms with Crippen LogP contribution in [0.15, 0.2) is 0 Å². The summed E-state index contributed by atoms with van der Waals surface area (Å²) in [6.07, 6.45) is 0. The number of rotatable bonds is 5. The molecule has 0 aromatic rings. The van der Waals surface area contributed by atoms with E-state index in [9.17, 15) is 4.79 Å². The van der Waals surface area contributed by atoms with Crippen molar-refractivity contribution < 1.29 is 14.3 Å². The molecule has 0 aromatic carbocycles. The lowest BCUT2D eigenvalue weighted by Gasteiger charge is -2.07. The van der Waals surface area contributed by atoms with E-state index in [2.05, 4.69) is 4.74 Å². The Kier molecular flexibility index (Phi) is 6.36. The van der Waals surface area contributed by atoms with E-state index < -0.39 is 0 Å². The van der Waals surface area contributed by atoms with Crippen LogP contribution < -0.4 is 0 Å². The molecule has 11 heavy (non-hydrogen) atoms. The molecule has 0 rings (SSSR count). The van der Waals surface area contributed by atoms with Crippen molar-refractivity contribution >= 4 is 17.7 Å². The topological polar surface area (TPSA) is 35.5 Å². The summed E-state index contributed by atoms with van der Waals surface area (Å²) in [7, 11) is 3.04. The molecule has 0 saturated heterocycles. The Morgan fingerprint density at radius 1 is 1.55 bits per heavy atom. The molecule has 4 heteroatoms. The smallest absolute Gasteiger partial charge is 0.309 e. The van der Waals surface area contributed by atoms with E-state index in [1.165, 1.54) is 7.11 Å². The third kappa shape index (κ3) is 5.09. The molecule has 1 atom stereocenters. The summed E-state index contributed by atoms with van der Waals surface area (Å²) in [5.74, 6) is 1.18. The molecule has 0 aliphatic heterocycles. The second kappa shape index (κ2) is 6.49. The fourth-order valence-corrected chi connectivity index (χ4v) is 1.33. The van der Waals surface area contributed by atoms with Gasteiger partial charge in [0.2, 0.25) is 0 Å². The average Bonchev–Trinajstić information content (AvgIpc) is 2.03. The van der Waals surface area contributed by atoms with Crippen molar-refractivity contribution in [1.29, 1.82) is 0 Å². The minimum absolute atomic E-state index is 0.0415. The fourth-order valence-electron chi connectivity index (χ4n) is 0.577. The molecule has 0 amide bonds. The van der Waals surface area contributed by atoms with Crippen LogP contribution in [0.25, 0.3) is 0 Å². The van der Waals surface area contributed by atoms with E-state index in [1.807, 2.05) is 6.92 Å². The number of carbonyl (C=O) groups excluding carboxylic acids is 1. The number of thioether (sulfide) groups is 1. The van der Waals surface area contributed by atoms with Crippen molar-refractivity contribution in [2.75, 3.05) is 25.9 Å². The SMILES string of the molecule is COCSCC(C)C(=O)OC. The summed E-state index contributed by atoms with van der Waals surface area (Å²) in [6.45, 7) is 1.84. The number of ether oxygens (including phenoxy) is 2. The molecular weight excluding hydrogens is 164 g/mol. The summed E-state index contributed by atoms with van der Waals surface area (Å²) in [5, 5.41) is 0. The zero-order valence-electron chi connectivity index (χ0n) is 7.12. The van der Waals surface area contributed by atoms with Gasteiger partial charge in [0.1, 0.15) is 0 Å². The molecule has 1 unspecified atom stereocenters. The standard InChI is InChI=1S/C7H14O3S/c1-6(7(8)10-3)4-11-5-9-2/h6H,4-5H2,1-3H3. The van der Waals surface area contributed by atoms with Crippen molar-refractivity contribution in [2.45, 2.75) is 6.92 Å². The van der Waals surface area contributed by atoms with Gasteiger partial charge in [0.25, 0.3) is 0 Å². The Morgan fingerprint density at radius 3 is 2.64 bits per heavy atom. The number of methoxy groups -OCH3 is 2. The van der Waals surface area contributed by atoms with Crippen LogP contribution in [0.5, 0.6) is 0 Å². The van der Waals surface area contributed by atoms with Gasteiger partial charge in [-0.2, -0.15) is 0 Å². The maximum absolute atomic E-state index is 10.8. The first kappa shape index (κ1) is 10.8. The minimum Gasteiger partial charge on any atom is -0.469 e. The first-order valence-corrected chi connectivity index (χ1v) is 4.52. The van der Waals surface area contributed by atoms with Gasteiger partial charge in [-0.3, -0.25) is 4.79 Å². The highest BCUT2D eigenvalue weighted by atomic mass is 32.2. The van der Waals surface area contributed by atoms with Crippen LogP contribution in [0, 0.1) is 5.92 Å². The number of hydrogen-bond donors (Lipinski definition) is 0. The third-order valence-electron chi connectivity index (χ3n) is 1.17. The minimum atomic E-state index is -0.159. The van der Waals surface area contributed by atoms with Gasteiger partial charge in [0.05, 0.1) is 19.0 Å². The average molecular weight is 178 g/mol. The molecule has 0 aliphatic carbocycles. The van der Waals surface area contributed by atoms with Crippen molar-refractivity contribution in [3.63, 3.8) is 0 Å². The zero-order valence-corrected chi connectivity index (χ0v) is 7.94. The highest BCUT2D eigenvalue weighted by Crippen LogP contribution is 2.08. The van der Waals surface area contributed by atoms with Gasteiger partial charge in [-0.25, -0.2) is 0 Å². The van der Waals surface area contributed by atoms with Gasteiger partial charge < -0.3 is 9.47 Å². The van der Waals surface area contributed by atoms with Crippen LogP contribution in [0.3, 0.4) is 0 Å². The zero-order chi connectivity index (χ0) is 8.69. The Labute approximate surface area is 71.4 Å². The van der Waals surface area contributed by atoms with Crippen molar-refractivity contribution in [3.05, 3.63) is 0 Å². The Bertz CT molecular complexity index is 116. The molecule has 0 heterocycles. The first-order valence-electron chi connectivity index (χ1n) is 3.37. The predicted molar refractivity (Wildman–Crippen MR) is 45.5 cm³/mol. The maximum Gasteiger partial charge on any atom is 0.309 e. The number of hydrogen-bond acceptors (Lipinski definition) is 4. The Morgan fingerprint density at radius 2 is 2.18 bits per heavy atom. The van der Waals surface area contributed by atoms with Gasteiger partial charge in [0.15, 0.2) is 0 Å². The highest BCUT2D eigenvalue weighted by Gasteiger charge is 2.11. The lowest BCUT2D eigenvalue weighted by Crippen LogP contribution is -2.15. The van der Waals surface area contributed by atoms with Crippen LogP contribution in [-0.2, 0) is 14.3 Å². The molecule has 0 aliphatic rings. The lowest BCUT2D eigenvalue weighted by atomic mass is 10.2. The summed E-state index contributed by atoms with van der Waals surface area (Å²) in [4.78, 5) is 10.8. The normalized spacial score (nSPS) is 12.6. The van der Waals surface area contributed by atoms with Crippen LogP contribution in [-0.4, -0.2) is 31.9 Å². The van der Waals surface area contributed by atoms with Crippen molar-refractivity contribution in [1.82, 2.24) is 0 Å². The van der Waals surface area contributed by atoms with E-state index >= 15 is 0 Å². The van der Waals surface area contributed by atoms with Gasteiger partial charge in [-0.05, 0) is 0 Å². The summed E-state index contributed by atoms with van der Waals surface area (Å²) < 4.78 is 9.37. The largest absolute Gasteiger partial charge is 0.469 e. The second-order valence-electron chi connectivity index (χ2n) is 2.20. The quantitative estimate of drug-likeness (QED) is 0.359. The van der Waals surface area contributed by atoms with E-state index in [1.54, 1.807) is 18.9 Å². The van der Waals surface area contributed by atoms with Crippen LogP contribution in [0.1, 0.15) is 6.92 Å². The lowest BCUT2D eigenvalue weighted by molar-refractivity contribution is -0.143. The van der Waals surface area contributed by atoms with Gasteiger partial charge in [-0.1, -0.05) is 6.92 Å². The molecule has 0 fully saturated rings. The molecule has 0 saturated carbocycles. The Balaban J connectivity index is 3.36. The molecule has 0 bridgehead atoms. The first-order chi connectivity index (χ1) is 5.22. The molecule has 66 valence electrons. The van der Waals surface area contributed by atoms with E-state index in [0.717, 1.165) is 5.75 Å². The molecule has 0 aromatic heterocycles. The Hall–Kier alpha value is -0.220. The molecular formula is C7H14O3S. The molecule has 3 nitrogen and oxygen atoms in total. The fraction of sp³-hybridized carbons (Fsp3) is 0.857. The molecule has 0 spiro atoms. The molecule has 0 N–H and O–H groups in total. The summed E-state index contributed by atoms with van der Waals surface area (Å²) in [5.41, 5.74) is 0. The number of carbonyl (C=O) groups is 1. The van der Waals surface area contributed by atoms with Crippen molar-refractivity contribution in [2.24, 2.45) is 5.92 Å². The van der Waals surface area contributed by atoms with Crippen LogP contribution >= 0.6 is 11.8 Å². The maximum atomic E-state index is 10.8. The van der Waals surface area contributed by atoms with Gasteiger partial charge >= 0.3 is 5.97 Å². The van der Waals surface area contributed by atoms with Crippen LogP contribution in [0.4, 0.5) is 0 Å². The number of esters is 1. The monoisotopic (exact) mass is 178 g/mol. The van der Waals surface area contributed by atoms with E-state index in [0.29, 0.717) is 5.94 Å². The van der Waals surface area contributed by atoms with E-state index in [4.69, 9.17) is 4.74 Å².